The van der Waals surface area contributed by atoms with Gasteiger partial charge >= 0.3 is 6.18 Å². The monoisotopic (exact) mass is 542 g/mol. The molecule has 6 atom stereocenters. The largest absolute Gasteiger partial charge is 0.426 e. The average molecular weight is 543 g/mol. The quantitative estimate of drug-likeness (QED) is 0.405. The van der Waals surface area contributed by atoms with Gasteiger partial charge in [-0.25, -0.2) is 17.6 Å². The van der Waals surface area contributed by atoms with Crippen molar-refractivity contribution in [3.8, 4) is 6.07 Å². The number of nitriles is 1. The fourth-order valence-corrected chi connectivity index (χ4v) is 5.83. The number of ether oxygens (including phenoxy) is 1. The van der Waals surface area contributed by atoms with E-state index in [1.807, 2.05) is 37.4 Å². The molecule has 0 radical (unpaired) electrons. The van der Waals surface area contributed by atoms with Crippen LogP contribution in [0.5, 0.6) is 0 Å². The predicted molar refractivity (Wildman–Crippen MR) is 127 cm³/mol. The van der Waals surface area contributed by atoms with Crippen LogP contribution in [-0.2, 0) is 10.2 Å². The van der Waals surface area contributed by atoms with Crippen LogP contribution in [0.15, 0.2) is 60.7 Å². The number of alkyl halides is 7. The summed E-state index contributed by atoms with van der Waals surface area (Å²) in [7, 11) is 1.93. The van der Waals surface area contributed by atoms with Crippen LogP contribution in [0.1, 0.15) is 29.9 Å². The molecule has 2 aliphatic rings. The van der Waals surface area contributed by atoms with Gasteiger partial charge in [0.2, 0.25) is 0 Å². The van der Waals surface area contributed by atoms with Crippen LogP contribution in [-0.4, -0.2) is 68.1 Å². The van der Waals surface area contributed by atoms with Gasteiger partial charge in [-0.3, -0.25) is 0 Å². The maximum atomic E-state index is 16.5. The number of benzene rings is 2. The van der Waals surface area contributed by atoms with Crippen molar-refractivity contribution in [1.29, 1.82) is 5.26 Å². The van der Waals surface area contributed by atoms with E-state index in [1.54, 1.807) is 0 Å². The molecular formula is C28H29F7N2O. The molecule has 0 aromatic heterocycles. The Kier molecular flexibility index (Phi) is 7.84. The maximum absolute atomic E-state index is 16.5. The Morgan fingerprint density at radius 3 is 2.00 bits per heavy atom. The van der Waals surface area contributed by atoms with Gasteiger partial charge in [0.25, 0.3) is 5.67 Å². The molecule has 0 N–H and O–H groups in total. The fourth-order valence-electron chi connectivity index (χ4n) is 5.83. The number of hydrogen-bond acceptors (Lipinski definition) is 3. The highest BCUT2D eigenvalue weighted by molar-refractivity contribution is 5.33. The number of nitrogens with zero attached hydrogens (tertiary/aromatic N) is 2. The van der Waals surface area contributed by atoms with Gasteiger partial charge < -0.3 is 9.64 Å². The standard InChI is InChI=1S/C28H29F7N2O/c1-37-14-12-25(13-15-37,20-10-6-3-7-11-20)17-38-18-26(31)21(16-36)27(32,28(33,34)35)24(30)22(23(26)29)19-8-4-2-5-9-19/h2-11,21-24H,12-15,17-18H2,1H3. The molecule has 1 aliphatic carbocycles. The van der Waals surface area contributed by atoms with Crippen LogP contribution in [0.3, 0.4) is 0 Å². The summed E-state index contributed by atoms with van der Waals surface area (Å²) in [4.78, 5) is 2.08. The molecule has 10 heteroatoms. The van der Waals surface area contributed by atoms with Crippen molar-refractivity contribution in [2.45, 2.75) is 54.0 Å². The van der Waals surface area contributed by atoms with Crippen molar-refractivity contribution < 1.29 is 35.5 Å². The third kappa shape index (κ3) is 4.68. The Morgan fingerprint density at radius 2 is 1.47 bits per heavy atom. The fraction of sp³-hybridized carbons (Fsp3) is 0.536. The summed E-state index contributed by atoms with van der Waals surface area (Å²) in [5.74, 6) is -5.75. The van der Waals surface area contributed by atoms with E-state index in [0.29, 0.717) is 25.9 Å². The van der Waals surface area contributed by atoms with Crippen LogP contribution < -0.4 is 0 Å². The van der Waals surface area contributed by atoms with Crippen LogP contribution in [0.25, 0.3) is 0 Å². The molecule has 0 amide bonds. The van der Waals surface area contributed by atoms with E-state index < -0.39 is 53.7 Å². The molecule has 206 valence electrons. The minimum Gasteiger partial charge on any atom is -0.377 e. The van der Waals surface area contributed by atoms with Crippen molar-refractivity contribution in [3.63, 3.8) is 0 Å². The maximum Gasteiger partial charge on any atom is 0.426 e. The molecule has 38 heavy (non-hydrogen) atoms. The number of halogens is 7. The summed E-state index contributed by atoms with van der Waals surface area (Å²) in [6, 6.07) is 16.3. The first-order valence-electron chi connectivity index (χ1n) is 12.4. The predicted octanol–water partition coefficient (Wildman–Crippen LogP) is 6.26. The van der Waals surface area contributed by atoms with E-state index >= 15 is 17.6 Å². The second-order valence-electron chi connectivity index (χ2n) is 10.4. The second-order valence-corrected chi connectivity index (χ2v) is 10.4. The Hall–Kier alpha value is -2.64. The summed E-state index contributed by atoms with van der Waals surface area (Å²) in [6.45, 7) is -0.212. The summed E-state index contributed by atoms with van der Waals surface area (Å²) in [5.41, 5.74) is -8.85. The van der Waals surface area contributed by atoms with Crippen LogP contribution in [0.2, 0.25) is 0 Å². The summed E-state index contributed by atoms with van der Waals surface area (Å²) < 4.78 is 111. The van der Waals surface area contributed by atoms with Crippen LogP contribution in [0, 0.1) is 17.2 Å². The summed E-state index contributed by atoms with van der Waals surface area (Å²) in [6.07, 6.45) is -11.3. The molecule has 4 rings (SSSR count). The number of piperidine rings is 1. The van der Waals surface area contributed by atoms with Gasteiger partial charge in [0.1, 0.15) is 12.1 Å². The molecule has 1 heterocycles. The second kappa shape index (κ2) is 10.5. The topological polar surface area (TPSA) is 36.3 Å². The van der Waals surface area contributed by atoms with Gasteiger partial charge in [-0.05, 0) is 44.1 Å². The lowest BCUT2D eigenvalue weighted by atomic mass is 9.61. The van der Waals surface area contributed by atoms with Crippen molar-refractivity contribution in [3.05, 3.63) is 71.8 Å². The molecule has 6 unspecified atom stereocenters. The Morgan fingerprint density at radius 1 is 0.921 bits per heavy atom. The molecule has 1 saturated carbocycles. The van der Waals surface area contributed by atoms with E-state index in [0.717, 1.165) is 23.8 Å². The minimum absolute atomic E-state index is 0.193. The first-order valence-corrected chi connectivity index (χ1v) is 12.4. The normalized spacial score (nSPS) is 34.0. The summed E-state index contributed by atoms with van der Waals surface area (Å²) >= 11 is 0. The third-order valence-corrected chi connectivity index (χ3v) is 8.17. The van der Waals surface area contributed by atoms with Crippen molar-refractivity contribution in [2.75, 3.05) is 33.4 Å². The van der Waals surface area contributed by atoms with Gasteiger partial charge in [0, 0.05) is 5.41 Å². The molecule has 2 aromatic carbocycles. The number of hydrogen-bond donors (Lipinski definition) is 0. The zero-order chi connectivity index (χ0) is 27.8. The van der Waals surface area contributed by atoms with Crippen molar-refractivity contribution >= 4 is 0 Å². The third-order valence-electron chi connectivity index (χ3n) is 8.17. The lowest BCUT2D eigenvalue weighted by Crippen LogP contribution is -2.71. The van der Waals surface area contributed by atoms with Gasteiger partial charge in [-0.1, -0.05) is 60.7 Å². The summed E-state index contributed by atoms with van der Waals surface area (Å²) in [5, 5.41) is 9.50. The van der Waals surface area contributed by atoms with Crippen LogP contribution in [0.4, 0.5) is 30.7 Å². The molecule has 2 fully saturated rings. The zero-order valence-corrected chi connectivity index (χ0v) is 20.8. The Labute approximate surface area is 217 Å². The van der Waals surface area contributed by atoms with Gasteiger partial charge in [0.15, 0.2) is 11.8 Å². The first-order chi connectivity index (χ1) is 17.9. The van der Waals surface area contributed by atoms with Crippen molar-refractivity contribution in [1.82, 2.24) is 4.90 Å². The van der Waals surface area contributed by atoms with Crippen LogP contribution >= 0.6 is 0 Å². The number of rotatable bonds is 6. The van der Waals surface area contributed by atoms with Gasteiger partial charge in [-0.15, -0.1) is 0 Å². The zero-order valence-electron chi connectivity index (χ0n) is 20.8. The molecule has 0 spiro atoms. The molecule has 0 bridgehead atoms. The van der Waals surface area contributed by atoms with Gasteiger partial charge in [0.05, 0.1) is 25.2 Å². The van der Waals surface area contributed by atoms with Gasteiger partial charge in [-0.2, -0.15) is 18.4 Å². The van der Waals surface area contributed by atoms with E-state index in [-0.39, 0.29) is 12.2 Å². The van der Waals surface area contributed by atoms with Crippen molar-refractivity contribution in [2.24, 2.45) is 5.92 Å². The molecule has 1 aliphatic heterocycles. The SMILES string of the molecule is CN1CCC(COCC2(F)C(F)C(c3ccccc3)C(F)C(F)(C(F)(F)F)C2C#N)(c2ccccc2)CC1. The lowest BCUT2D eigenvalue weighted by molar-refractivity contribution is -0.302. The van der Waals surface area contributed by atoms with E-state index in [9.17, 15) is 18.4 Å². The molecule has 3 nitrogen and oxygen atoms in total. The number of likely N-dealkylation sites (tertiary alicyclic amines) is 1. The van der Waals surface area contributed by atoms with E-state index in [1.165, 1.54) is 18.2 Å². The Bertz CT molecular complexity index is 1120. The Balaban J connectivity index is 1.69. The highest BCUT2D eigenvalue weighted by Crippen LogP contribution is 2.59. The smallest absolute Gasteiger partial charge is 0.377 e. The highest BCUT2D eigenvalue weighted by atomic mass is 19.4. The average Bonchev–Trinajstić information content (AvgIpc) is 2.90. The molecule has 1 saturated heterocycles. The molecule has 2 aromatic rings. The minimum atomic E-state index is -5.98. The molecular weight excluding hydrogens is 513 g/mol. The van der Waals surface area contributed by atoms with E-state index in [4.69, 9.17) is 4.74 Å². The lowest BCUT2D eigenvalue weighted by Gasteiger charge is -2.50. The van der Waals surface area contributed by atoms with E-state index in [2.05, 4.69) is 4.90 Å². The highest BCUT2D eigenvalue weighted by Gasteiger charge is 2.78. The first kappa shape index (κ1) is 28.4.